The molecule has 0 saturated carbocycles. The summed E-state index contributed by atoms with van der Waals surface area (Å²) in [4.78, 5) is 53.8. The second-order valence-electron chi connectivity index (χ2n) is 7.42. The van der Waals surface area contributed by atoms with Gasteiger partial charge in [-0.1, -0.05) is 53.2 Å². The molecule has 0 saturated heterocycles. The normalized spacial score (nSPS) is 12.1. The topological polar surface area (TPSA) is 142 Å². The van der Waals surface area contributed by atoms with Gasteiger partial charge in [0, 0.05) is 16.7 Å². The number of hydrogen-bond donors (Lipinski definition) is 0. The molecule has 3 aromatic carbocycles. The SMILES string of the molecule is O=C1c2ccccc2C(=O)c2c1ccc(C(=O)OCc1noc(-c3ccccc3Cl)n1)c2[N+](=O)[O-]. The van der Waals surface area contributed by atoms with E-state index in [2.05, 4.69) is 10.1 Å². The molecule has 172 valence electrons. The molecule has 4 aromatic rings. The molecule has 0 unspecified atom stereocenters. The van der Waals surface area contributed by atoms with Gasteiger partial charge in [0.25, 0.3) is 11.6 Å². The molecule has 1 aromatic heterocycles. The van der Waals surface area contributed by atoms with Crippen molar-refractivity contribution in [3.63, 3.8) is 0 Å². The second-order valence-corrected chi connectivity index (χ2v) is 7.82. The third kappa shape index (κ3) is 3.75. The van der Waals surface area contributed by atoms with Gasteiger partial charge in [0.05, 0.1) is 15.5 Å². The number of benzene rings is 3. The van der Waals surface area contributed by atoms with Gasteiger partial charge < -0.3 is 9.26 Å². The molecule has 1 heterocycles. The molecule has 11 heteroatoms. The van der Waals surface area contributed by atoms with Gasteiger partial charge >= 0.3 is 5.97 Å². The van der Waals surface area contributed by atoms with Crippen LogP contribution in [0.3, 0.4) is 0 Å². The number of carbonyl (C=O) groups is 3. The number of rotatable bonds is 5. The fourth-order valence-corrected chi connectivity index (χ4v) is 4.00. The van der Waals surface area contributed by atoms with Crippen LogP contribution in [0.4, 0.5) is 5.69 Å². The van der Waals surface area contributed by atoms with E-state index in [1.807, 2.05) is 0 Å². The number of halogens is 1. The fraction of sp³-hybridized carbons (Fsp3) is 0.0417. The minimum atomic E-state index is -1.09. The van der Waals surface area contributed by atoms with Crippen molar-refractivity contribution in [1.29, 1.82) is 0 Å². The summed E-state index contributed by atoms with van der Waals surface area (Å²) in [6, 6.07) is 15.1. The number of ether oxygens (including phenoxy) is 1. The van der Waals surface area contributed by atoms with Crippen LogP contribution in [0.5, 0.6) is 0 Å². The Bertz CT molecular complexity index is 1560. The Morgan fingerprint density at radius 1 is 0.943 bits per heavy atom. The Balaban J connectivity index is 1.45. The zero-order chi connectivity index (χ0) is 24.7. The lowest BCUT2D eigenvalue weighted by Crippen LogP contribution is -2.23. The highest BCUT2D eigenvalue weighted by atomic mass is 35.5. The predicted octanol–water partition coefficient (Wildman–Crippen LogP) is 4.43. The van der Waals surface area contributed by atoms with Crippen LogP contribution in [-0.2, 0) is 11.3 Å². The third-order valence-electron chi connectivity index (χ3n) is 5.37. The van der Waals surface area contributed by atoms with Crippen molar-refractivity contribution in [2.75, 3.05) is 0 Å². The van der Waals surface area contributed by atoms with E-state index in [4.69, 9.17) is 20.9 Å². The number of carbonyl (C=O) groups excluding carboxylic acids is 3. The minimum Gasteiger partial charge on any atom is -0.454 e. The number of hydrogen-bond acceptors (Lipinski definition) is 9. The second kappa shape index (κ2) is 8.58. The van der Waals surface area contributed by atoms with E-state index in [0.717, 1.165) is 6.07 Å². The molecule has 0 atom stereocenters. The number of nitro groups is 1. The molecule has 0 spiro atoms. The maximum atomic E-state index is 13.0. The molecular weight excluding hydrogens is 478 g/mol. The minimum absolute atomic E-state index is 0.00550. The average molecular weight is 490 g/mol. The molecule has 10 nitrogen and oxygen atoms in total. The highest BCUT2D eigenvalue weighted by Gasteiger charge is 2.39. The van der Waals surface area contributed by atoms with E-state index in [1.54, 1.807) is 36.4 Å². The van der Waals surface area contributed by atoms with E-state index in [9.17, 15) is 24.5 Å². The third-order valence-corrected chi connectivity index (χ3v) is 5.70. The first-order valence-corrected chi connectivity index (χ1v) is 10.5. The number of aromatic nitrogens is 2. The smallest absolute Gasteiger partial charge is 0.345 e. The summed E-state index contributed by atoms with van der Waals surface area (Å²) in [5.41, 5.74) is -1.24. The molecule has 1 aliphatic rings. The Hall–Kier alpha value is -4.70. The van der Waals surface area contributed by atoms with Gasteiger partial charge in [-0.3, -0.25) is 19.7 Å². The Labute approximate surface area is 201 Å². The number of fused-ring (bicyclic) bond motifs is 2. The van der Waals surface area contributed by atoms with E-state index in [1.165, 1.54) is 18.2 Å². The summed E-state index contributed by atoms with van der Waals surface area (Å²) in [7, 11) is 0. The van der Waals surface area contributed by atoms with Gasteiger partial charge in [-0.2, -0.15) is 4.98 Å². The average Bonchev–Trinajstić information content (AvgIpc) is 3.34. The van der Waals surface area contributed by atoms with E-state index < -0.39 is 45.9 Å². The molecular formula is C24H12ClN3O7. The fourth-order valence-electron chi connectivity index (χ4n) is 3.79. The molecule has 0 N–H and O–H groups in total. The molecule has 1 aliphatic carbocycles. The number of esters is 1. The largest absolute Gasteiger partial charge is 0.454 e. The van der Waals surface area contributed by atoms with Crippen molar-refractivity contribution >= 4 is 34.8 Å². The maximum Gasteiger partial charge on any atom is 0.345 e. The maximum absolute atomic E-state index is 13.0. The number of nitro benzene ring substituents is 1. The summed E-state index contributed by atoms with van der Waals surface area (Å²) in [5.74, 6) is -2.27. The summed E-state index contributed by atoms with van der Waals surface area (Å²) in [5, 5.41) is 16.0. The van der Waals surface area contributed by atoms with Crippen molar-refractivity contribution in [3.8, 4) is 11.5 Å². The number of ketones is 2. The standard InChI is InChI=1S/C24H12ClN3O7/c25-17-8-4-3-7-14(17)23-26-18(27-35-23)11-34-24(31)16-10-9-15-19(20(16)28(32)33)22(30)13-6-2-1-5-12(13)21(15)29/h1-10H,11H2. The highest BCUT2D eigenvalue weighted by Crippen LogP contribution is 2.36. The van der Waals surface area contributed by atoms with Crippen LogP contribution in [0.15, 0.2) is 65.2 Å². The first-order chi connectivity index (χ1) is 16.9. The lowest BCUT2D eigenvalue weighted by Gasteiger charge is -2.18. The van der Waals surface area contributed by atoms with Gasteiger partial charge in [0.2, 0.25) is 11.6 Å². The molecule has 0 bridgehead atoms. The molecule has 0 aliphatic heterocycles. The summed E-state index contributed by atoms with van der Waals surface area (Å²) in [6.45, 7) is -0.462. The van der Waals surface area contributed by atoms with Gasteiger partial charge in [-0.15, -0.1) is 0 Å². The van der Waals surface area contributed by atoms with Gasteiger partial charge in [-0.25, -0.2) is 4.79 Å². The van der Waals surface area contributed by atoms with E-state index >= 15 is 0 Å². The lowest BCUT2D eigenvalue weighted by atomic mass is 9.82. The Morgan fingerprint density at radius 3 is 2.29 bits per heavy atom. The quantitative estimate of drug-likeness (QED) is 0.199. The van der Waals surface area contributed by atoms with E-state index in [-0.39, 0.29) is 28.4 Å². The van der Waals surface area contributed by atoms with Crippen LogP contribution < -0.4 is 0 Å². The van der Waals surface area contributed by atoms with Crippen molar-refractivity contribution in [2.45, 2.75) is 6.61 Å². The predicted molar refractivity (Wildman–Crippen MR) is 120 cm³/mol. The molecule has 35 heavy (non-hydrogen) atoms. The van der Waals surface area contributed by atoms with Gasteiger partial charge in [-0.05, 0) is 24.3 Å². The van der Waals surface area contributed by atoms with Crippen molar-refractivity contribution < 1.29 is 28.6 Å². The van der Waals surface area contributed by atoms with Crippen LogP contribution in [-0.4, -0.2) is 32.6 Å². The first kappa shape index (κ1) is 22.1. The van der Waals surface area contributed by atoms with Crippen LogP contribution in [0, 0.1) is 10.1 Å². The Kier molecular flexibility index (Phi) is 5.42. The highest BCUT2D eigenvalue weighted by molar-refractivity contribution is 6.33. The molecule has 0 amide bonds. The van der Waals surface area contributed by atoms with Crippen LogP contribution in [0.1, 0.15) is 48.0 Å². The van der Waals surface area contributed by atoms with Crippen LogP contribution in [0.25, 0.3) is 11.5 Å². The van der Waals surface area contributed by atoms with Crippen molar-refractivity contribution in [3.05, 3.63) is 109 Å². The Morgan fingerprint density at radius 2 is 1.60 bits per heavy atom. The molecule has 0 fully saturated rings. The summed E-state index contributed by atoms with van der Waals surface area (Å²) in [6.07, 6.45) is 0. The van der Waals surface area contributed by atoms with Crippen molar-refractivity contribution in [1.82, 2.24) is 10.1 Å². The van der Waals surface area contributed by atoms with Crippen molar-refractivity contribution in [2.24, 2.45) is 0 Å². The zero-order valence-corrected chi connectivity index (χ0v) is 18.3. The molecule has 0 radical (unpaired) electrons. The van der Waals surface area contributed by atoms with E-state index in [0.29, 0.717) is 10.6 Å². The summed E-state index contributed by atoms with van der Waals surface area (Å²) < 4.78 is 10.3. The van der Waals surface area contributed by atoms with Crippen LogP contribution in [0.2, 0.25) is 5.02 Å². The lowest BCUT2D eigenvalue weighted by molar-refractivity contribution is -0.385. The molecule has 5 rings (SSSR count). The van der Waals surface area contributed by atoms with Gasteiger partial charge in [0.1, 0.15) is 11.1 Å². The monoisotopic (exact) mass is 489 g/mol. The van der Waals surface area contributed by atoms with Crippen LogP contribution >= 0.6 is 11.6 Å². The number of nitrogens with zero attached hydrogens (tertiary/aromatic N) is 3. The first-order valence-electron chi connectivity index (χ1n) is 10.1. The van der Waals surface area contributed by atoms with Gasteiger partial charge in [0.15, 0.2) is 12.4 Å². The summed E-state index contributed by atoms with van der Waals surface area (Å²) >= 11 is 6.11. The zero-order valence-electron chi connectivity index (χ0n) is 17.6.